The molecule has 0 saturated carbocycles. The molecule has 0 spiro atoms. The van der Waals surface area contributed by atoms with Crippen LogP contribution in [0, 0.1) is 0 Å². The van der Waals surface area contributed by atoms with Gasteiger partial charge in [-0.1, -0.05) is 18.2 Å². The van der Waals surface area contributed by atoms with Crippen molar-refractivity contribution in [1.29, 1.82) is 0 Å². The minimum atomic E-state index is -4.72. The van der Waals surface area contributed by atoms with Crippen LogP contribution in [0.4, 0.5) is 13.2 Å². The first-order chi connectivity index (χ1) is 13.4. The molecule has 168 valence electrons. The lowest BCUT2D eigenvalue weighted by Crippen LogP contribution is -2.45. The second-order valence-corrected chi connectivity index (χ2v) is 6.38. The van der Waals surface area contributed by atoms with Crippen molar-refractivity contribution >= 4 is 24.8 Å². The van der Waals surface area contributed by atoms with Crippen molar-refractivity contribution in [2.24, 2.45) is 0 Å². The Morgan fingerprint density at radius 1 is 0.900 bits per heavy atom. The van der Waals surface area contributed by atoms with E-state index >= 15 is 0 Å². The summed E-state index contributed by atoms with van der Waals surface area (Å²) in [5, 5.41) is 3.32. The Bertz CT molecular complexity index is 764. The molecule has 1 aliphatic heterocycles. The van der Waals surface area contributed by atoms with Crippen molar-refractivity contribution in [2.75, 3.05) is 40.4 Å². The minimum absolute atomic E-state index is 0. The normalized spacial score (nSPS) is 15.4. The van der Waals surface area contributed by atoms with Crippen molar-refractivity contribution in [1.82, 2.24) is 10.2 Å². The van der Waals surface area contributed by atoms with E-state index in [-0.39, 0.29) is 36.6 Å². The summed E-state index contributed by atoms with van der Waals surface area (Å²) in [6.07, 6.45) is -4.72. The Morgan fingerprint density at radius 3 is 1.90 bits per heavy atom. The lowest BCUT2D eigenvalue weighted by Gasteiger charge is -2.36. The van der Waals surface area contributed by atoms with Crippen LogP contribution in [-0.2, 0) is 0 Å². The van der Waals surface area contributed by atoms with E-state index < -0.39 is 6.36 Å². The number of halogens is 5. The van der Waals surface area contributed by atoms with Gasteiger partial charge in [-0.3, -0.25) is 4.90 Å². The van der Waals surface area contributed by atoms with E-state index in [0.717, 1.165) is 37.3 Å². The molecule has 0 aliphatic carbocycles. The zero-order valence-corrected chi connectivity index (χ0v) is 18.2. The fraction of sp³-hybridized carbons (Fsp3) is 0.400. The summed E-state index contributed by atoms with van der Waals surface area (Å²) >= 11 is 0. The third-order valence-corrected chi connectivity index (χ3v) is 4.69. The number of benzene rings is 2. The highest BCUT2D eigenvalue weighted by Gasteiger charge is 2.32. The predicted octanol–water partition coefficient (Wildman–Crippen LogP) is 4.44. The molecule has 0 unspecified atom stereocenters. The maximum atomic E-state index is 12.5. The van der Waals surface area contributed by atoms with Crippen LogP contribution in [0.2, 0.25) is 0 Å². The van der Waals surface area contributed by atoms with Gasteiger partial charge in [0.05, 0.1) is 25.8 Å². The molecule has 2 aromatic rings. The highest BCUT2D eigenvalue weighted by Crippen LogP contribution is 2.41. The fourth-order valence-electron chi connectivity index (χ4n) is 3.50. The third-order valence-electron chi connectivity index (χ3n) is 4.69. The number of hydrogen-bond donors (Lipinski definition) is 1. The molecule has 5 nitrogen and oxygen atoms in total. The molecule has 1 saturated heterocycles. The molecule has 2 aromatic carbocycles. The zero-order valence-electron chi connectivity index (χ0n) is 16.6. The molecule has 0 amide bonds. The van der Waals surface area contributed by atoms with Gasteiger partial charge in [0.15, 0.2) is 0 Å². The molecule has 10 heteroatoms. The number of nitrogens with zero attached hydrogens (tertiary/aromatic N) is 1. The average molecular weight is 469 g/mol. The maximum Gasteiger partial charge on any atom is 0.573 e. The number of piperazine rings is 1. The second-order valence-electron chi connectivity index (χ2n) is 6.38. The molecular formula is C20H25Cl2F3N2O3. The second kappa shape index (κ2) is 11.5. The Hall–Kier alpha value is -1.87. The van der Waals surface area contributed by atoms with Gasteiger partial charge in [0.25, 0.3) is 0 Å². The van der Waals surface area contributed by atoms with Crippen molar-refractivity contribution in [3.05, 3.63) is 53.6 Å². The van der Waals surface area contributed by atoms with Crippen molar-refractivity contribution in [3.8, 4) is 17.2 Å². The largest absolute Gasteiger partial charge is 0.573 e. The summed E-state index contributed by atoms with van der Waals surface area (Å²) in [5.74, 6) is 1.08. The Morgan fingerprint density at radius 2 is 1.43 bits per heavy atom. The van der Waals surface area contributed by atoms with Crippen LogP contribution < -0.4 is 19.5 Å². The first-order valence-corrected chi connectivity index (χ1v) is 8.94. The highest BCUT2D eigenvalue weighted by atomic mass is 35.5. The molecule has 1 aliphatic rings. The third kappa shape index (κ3) is 6.31. The van der Waals surface area contributed by atoms with E-state index in [1.54, 1.807) is 26.4 Å². The van der Waals surface area contributed by atoms with Gasteiger partial charge in [-0.05, 0) is 29.8 Å². The molecule has 1 heterocycles. The van der Waals surface area contributed by atoms with Crippen molar-refractivity contribution in [2.45, 2.75) is 12.4 Å². The van der Waals surface area contributed by atoms with Gasteiger partial charge in [-0.15, -0.1) is 38.0 Å². The topological polar surface area (TPSA) is 43.0 Å². The lowest BCUT2D eigenvalue weighted by atomic mass is 9.94. The SMILES string of the molecule is COc1cccc(OC)c1[C@H](c1ccc(OC(F)(F)F)cc1)N1CCNCC1.Cl.Cl. The van der Waals surface area contributed by atoms with Crippen molar-refractivity contribution in [3.63, 3.8) is 0 Å². The van der Waals surface area contributed by atoms with Gasteiger partial charge >= 0.3 is 6.36 Å². The van der Waals surface area contributed by atoms with Crippen LogP contribution in [0.3, 0.4) is 0 Å². The number of alkyl halides is 3. The molecule has 1 atom stereocenters. The van der Waals surface area contributed by atoms with E-state index in [1.165, 1.54) is 12.1 Å². The van der Waals surface area contributed by atoms with Crippen LogP contribution in [0.15, 0.2) is 42.5 Å². The summed E-state index contributed by atoms with van der Waals surface area (Å²) in [7, 11) is 3.18. The van der Waals surface area contributed by atoms with Gasteiger partial charge in [0.1, 0.15) is 17.2 Å². The summed E-state index contributed by atoms with van der Waals surface area (Å²) in [4.78, 5) is 2.26. The summed E-state index contributed by atoms with van der Waals surface area (Å²) in [6, 6.07) is 11.3. The van der Waals surface area contributed by atoms with Gasteiger partial charge in [0.2, 0.25) is 0 Å². The van der Waals surface area contributed by atoms with E-state index in [2.05, 4.69) is 15.0 Å². The van der Waals surface area contributed by atoms with Crippen LogP contribution in [-0.4, -0.2) is 51.7 Å². The van der Waals surface area contributed by atoms with Crippen LogP contribution in [0.1, 0.15) is 17.2 Å². The lowest BCUT2D eigenvalue weighted by molar-refractivity contribution is -0.274. The first kappa shape index (κ1) is 26.2. The minimum Gasteiger partial charge on any atom is -0.496 e. The Balaban J connectivity index is 0.00000225. The number of rotatable bonds is 6. The van der Waals surface area contributed by atoms with E-state index in [0.29, 0.717) is 11.5 Å². The van der Waals surface area contributed by atoms with Crippen LogP contribution in [0.5, 0.6) is 17.2 Å². The zero-order chi connectivity index (χ0) is 20.1. The van der Waals surface area contributed by atoms with Gasteiger partial charge in [-0.2, -0.15) is 0 Å². The first-order valence-electron chi connectivity index (χ1n) is 8.94. The monoisotopic (exact) mass is 468 g/mol. The smallest absolute Gasteiger partial charge is 0.496 e. The number of nitrogens with one attached hydrogen (secondary N) is 1. The summed E-state index contributed by atoms with van der Waals surface area (Å²) in [5.41, 5.74) is 1.68. The van der Waals surface area contributed by atoms with Crippen LogP contribution >= 0.6 is 24.8 Å². The molecule has 1 N–H and O–H groups in total. The molecule has 1 fully saturated rings. The van der Waals surface area contributed by atoms with E-state index in [4.69, 9.17) is 9.47 Å². The van der Waals surface area contributed by atoms with Gasteiger partial charge in [-0.25, -0.2) is 0 Å². The molecule has 0 aromatic heterocycles. The molecular weight excluding hydrogens is 444 g/mol. The van der Waals surface area contributed by atoms with Crippen LogP contribution in [0.25, 0.3) is 0 Å². The Kier molecular flexibility index (Phi) is 10.0. The maximum absolute atomic E-state index is 12.5. The van der Waals surface area contributed by atoms with Crippen molar-refractivity contribution < 1.29 is 27.4 Å². The molecule has 3 rings (SSSR count). The van der Waals surface area contributed by atoms with E-state index in [9.17, 15) is 13.2 Å². The Labute approximate surface area is 186 Å². The standard InChI is InChI=1S/C20H23F3N2O3.2ClH/c1-26-16-4-3-5-17(27-2)18(16)19(25-12-10-24-11-13-25)14-6-8-15(9-7-14)28-20(21,22)23;;/h3-9,19,24H,10-13H2,1-2H3;2*1H/t19-;;/m0../s1. The molecule has 0 bridgehead atoms. The number of hydrogen-bond acceptors (Lipinski definition) is 5. The quantitative estimate of drug-likeness (QED) is 0.678. The highest BCUT2D eigenvalue weighted by molar-refractivity contribution is 5.85. The fourth-order valence-corrected chi connectivity index (χ4v) is 3.50. The number of methoxy groups -OCH3 is 2. The molecule has 30 heavy (non-hydrogen) atoms. The van der Waals surface area contributed by atoms with E-state index in [1.807, 2.05) is 18.2 Å². The number of ether oxygens (including phenoxy) is 3. The van der Waals surface area contributed by atoms with Gasteiger partial charge < -0.3 is 19.5 Å². The average Bonchev–Trinajstić information content (AvgIpc) is 2.69. The predicted molar refractivity (Wildman–Crippen MR) is 113 cm³/mol. The summed E-state index contributed by atoms with van der Waals surface area (Å²) in [6.45, 7) is 3.21. The van der Waals surface area contributed by atoms with Gasteiger partial charge in [0, 0.05) is 26.2 Å². The molecule has 0 radical (unpaired) electrons. The summed E-state index contributed by atoms with van der Waals surface area (Å²) < 4.78 is 52.6.